The molecular formula is C19H15F3N6O4. The summed E-state index contributed by atoms with van der Waals surface area (Å²) in [6.07, 6.45) is -3.29. The molecule has 0 spiro atoms. The van der Waals surface area contributed by atoms with Crippen molar-refractivity contribution in [3.8, 4) is 5.75 Å². The number of ether oxygens (including phenoxy) is 1. The lowest BCUT2D eigenvalue weighted by molar-refractivity contribution is -0.123. The van der Waals surface area contributed by atoms with Crippen LogP contribution < -0.4 is 20.7 Å². The van der Waals surface area contributed by atoms with Crippen LogP contribution in [-0.4, -0.2) is 51.6 Å². The van der Waals surface area contributed by atoms with E-state index in [4.69, 9.17) is 4.74 Å². The van der Waals surface area contributed by atoms with Gasteiger partial charge in [-0.15, -0.1) is 0 Å². The molecule has 0 bridgehead atoms. The zero-order valence-corrected chi connectivity index (χ0v) is 16.2. The van der Waals surface area contributed by atoms with Crippen molar-refractivity contribution in [2.45, 2.75) is 12.7 Å². The summed E-state index contributed by atoms with van der Waals surface area (Å²) in [5.74, 6) is -1.51. The smallest absolute Gasteiger partial charge is 0.405 e. The first kappa shape index (κ1) is 21.1. The third-order valence-electron chi connectivity index (χ3n) is 4.40. The fourth-order valence-corrected chi connectivity index (χ4v) is 2.98. The van der Waals surface area contributed by atoms with E-state index in [0.29, 0.717) is 17.0 Å². The maximum absolute atomic E-state index is 12.6. The van der Waals surface area contributed by atoms with Gasteiger partial charge in [-0.3, -0.25) is 14.4 Å². The van der Waals surface area contributed by atoms with Gasteiger partial charge in [0.2, 0.25) is 0 Å². The number of halogens is 3. The first-order valence-electron chi connectivity index (χ1n) is 9.23. The van der Waals surface area contributed by atoms with Crippen molar-refractivity contribution in [3.63, 3.8) is 0 Å². The molecule has 0 unspecified atom stereocenters. The molecule has 32 heavy (non-hydrogen) atoms. The Kier molecular flexibility index (Phi) is 5.38. The highest BCUT2D eigenvalue weighted by atomic mass is 19.4. The number of benzene rings is 1. The van der Waals surface area contributed by atoms with Crippen LogP contribution >= 0.6 is 0 Å². The minimum absolute atomic E-state index is 0.0592. The van der Waals surface area contributed by atoms with Crippen LogP contribution in [0.4, 0.5) is 18.9 Å². The summed E-state index contributed by atoms with van der Waals surface area (Å²) in [4.78, 5) is 40.4. The van der Waals surface area contributed by atoms with Crippen molar-refractivity contribution < 1.29 is 32.3 Å². The van der Waals surface area contributed by atoms with Gasteiger partial charge in [-0.25, -0.2) is 9.50 Å². The maximum atomic E-state index is 12.6. The molecule has 0 fully saturated rings. The Morgan fingerprint density at radius 3 is 2.75 bits per heavy atom. The van der Waals surface area contributed by atoms with Crippen LogP contribution in [0, 0.1) is 0 Å². The molecule has 0 atom stereocenters. The summed E-state index contributed by atoms with van der Waals surface area (Å²) >= 11 is 0. The van der Waals surface area contributed by atoms with Crippen LogP contribution in [-0.2, 0) is 11.3 Å². The van der Waals surface area contributed by atoms with Gasteiger partial charge in [-0.1, -0.05) is 6.07 Å². The molecule has 3 N–H and O–H groups in total. The molecule has 166 valence electrons. The van der Waals surface area contributed by atoms with Crippen LogP contribution in [0.1, 0.15) is 26.5 Å². The molecule has 2 aromatic heterocycles. The number of anilines is 1. The molecule has 1 aliphatic heterocycles. The van der Waals surface area contributed by atoms with Crippen molar-refractivity contribution in [2.24, 2.45) is 0 Å². The topological polar surface area (TPSA) is 127 Å². The van der Waals surface area contributed by atoms with Crippen LogP contribution in [0.5, 0.6) is 5.75 Å². The molecular weight excluding hydrogens is 433 g/mol. The summed E-state index contributed by atoms with van der Waals surface area (Å²) in [5, 5.41) is 10.9. The number of rotatable bonds is 5. The number of carbonyl (C=O) groups excluding carboxylic acids is 3. The zero-order valence-electron chi connectivity index (χ0n) is 16.2. The molecule has 0 saturated heterocycles. The van der Waals surface area contributed by atoms with Crippen LogP contribution in [0.15, 0.2) is 36.5 Å². The van der Waals surface area contributed by atoms with E-state index in [1.807, 2.05) is 0 Å². The van der Waals surface area contributed by atoms with Gasteiger partial charge in [0.25, 0.3) is 17.7 Å². The van der Waals surface area contributed by atoms with Crippen molar-refractivity contribution in [2.75, 3.05) is 18.5 Å². The Balaban J connectivity index is 1.51. The van der Waals surface area contributed by atoms with Gasteiger partial charge in [-0.05, 0) is 17.7 Å². The molecule has 13 heteroatoms. The summed E-state index contributed by atoms with van der Waals surface area (Å²) in [6.45, 7) is -1.55. The summed E-state index contributed by atoms with van der Waals surface area (Å²) < 4.78 is 43.6. The van der Waals surface area contributed by atoms with Crippen molar-refractivity contribution in [3.05, 3.63) is 53.5 Å². The number of carbonyl (C=O) groups is 3. The van der Waals surface area contributed by atoms with Crippen LogP contribution in [0.2, 0.25) is 0 Å². The van der Waals surface area contributed by atoms with Crippen molar-refractivity contribution >= 4 is 29.1 Å². The Hall–Kier alpha value is -4.16. The van der Waals surface area contributed by atoms with E-state index >= 15 is 0 Å². The average Bonchev–Trinajstić information content (AvgIpc) is 3.23. The van der Waals surface area contributed by atoms with Crippen molar-refractivity contribution in [1.29, 1.82) is 0 Å². The number of amides is 3. The van der Waals surface area contributed by atoms with Gasteiger partial charge < -0.3 is 20.7 Å². The molecule has 0 radical (unpaired) electrons. The van der Waals surface area contributed by atoms with E-state index in [1.54, 1.807) is 23.5 Å². The van der Waals surface area contributed by atoms with E-state index in [-0.39, 0.29) is 36.1 Å². The Morgan fingerprint density at radius 2 is 1.97 bits per heavy atom. The second-order valence-corrected chi connectivity index (χ2v) is 6.78. The van der Waals surface area contributed by atoms with Gasteiger partial charge in [0, 0.05) is 18.7 Å². The maximum Gasteiger partial charge on any atom is 0.405 e. The molecule has 1 aromatic carbocycles. The lowest BCUT2D eigenvalue weighted by atomic mass is 10.1. The fourth-order valence-electron chi connectivity index (χ4n) is 2.98. The highest BCUT2D eigenvalue weighted by Gasteiger charge is 2.29. The Labute approximate surface area is 177 Å². The number of nitrogens with one attached hydrogen (secondary N) is 3. The number of hydrogen-bond acceptors (Lipinski definition) is 6. The van der Waals surface area contributed by atoms with E-state index < -0.39 is 24.5 Å². The third kappa shape index (κ3) is 4.61. The normalized spacial score (nSPS) is 13.2. The summed E-state index contributed by atoms with van der Waals surface area (Å²) in [6, 6.07) is 7.44. The fraction of sp³-hybridized carbons (Fsp3) is 0.211. The van der Waals surface area contributed by atoms with E-state index in [9.17, 15) is 27.6 Å². The highest BCUT2D eigenvalue weighted by molar-refractivity contribution is 5.98. The molecule has 0 saturated carbocycles. The lowest BCUT2D eigenvalue weighted by Gasteiger charge is -2.18. The first-order valence-corrected chi connectivity index (χ1v) is 9.23. The third-order valence-corrected chi connectivity index (χ3v) is 4.40. The standard InChI is InChI=1S/C19H15F3N6O4/c20-19(21,22)9-24-18(31)13-6-12(26-15-3-4-25-28(13)15)17(30)23-7-10-1-2-14-11(5-10)27-16(29)8-32-14/h1-6H,7-9H2,(H,23,30)(H,24,31)(H,27,29). The van der Waals surface area contributed by atoms with Gasteiger partial charge in [0.15, 0.2) is 12.3 Å². The van der Waals surface area contributed by atoms with Gasteiger partial charge >= 0.3 is 6.18 Å². The van der Waals surface area contributed by atoms with Crippen molar-refractivity contribution in [1.82, 2.24) is 25.2 Å². The Morgan fingerprint density at radius 1 is 1.16 bits per heavy atom. The molecule has 4 rings (SSSR count). The quantitative estimate of drug-likeness (QED) is 0.540. The predicted octanol–water partition coefficient (Wildman–Crippen LogP) is 1.28. The molecule has 3 heterocycles. The average molecular weight is 448 g/mol. The molecule has 1 aliphatic rings. The number of hydrogen-bond donors (Lipinski definition) is 3. The summed E-state index contributed by atoms with van der Waals surface area (Å²) in [5.41, 5.74) is 0.781. The van der Waals surface area contributed by atoms with E-state index in [2.05, 4.69) is 20.7 Å². The number of alkyl halides is 3. The van der Waals surface area contributed by atoms with E-state index in [1.165, 1.54) is 12.3 Å². The minimum atomic E-state index is -4.59. The second-order valence-electron chi connectivity index (χ2n) is 6.78. The molecule has 3 aromatic rings. The van der Waals surface area contributed by atoms with E-state index in [0.717, 1.165) is 10.6 Å². The summed E-state index contributed by atoms with van der Waals surface area (Å²) in [7, 11) is 0. The SMILES string of the molecule is O=C1COc2ccc(CNC(=O)c3cc(C(=O)NCC(F)(F)F)n4nccc4n3)cc2N1. The van der Waals surface area contributed by atoms with Gasteiger partial charge in [0.1, 0.15) is 23.7 Å². The molecule has 3 amide bonds. The van der Waals surface area contributed by atoms with Gasteiger partial charge in [0.05, 0.1) is 11.9 Å². The number of fused-ring (bicyclic) bond motifs is 2. The first-order chi connectivity index (χ1) is 15.2. The second kappa shape index (κ2) is 8.17. The minimum Gasteiger partial charge on any atom is -0.482 e. The molecule has 0 aliphatic carbocycles. The number of nitrogens with zero attached hydrogens (tertiary/aromatic N) is 3. The highest BCUT2D eigenvalue weighted by Crippen LogP contribution is 2.28. The monoisotopic (exact) mass is 448 g/mol. The zero-order chi connectivity index (χ0) is 22.9. The molecule has 10 nitrogen and oxygen atoms in total. The Bertz CT molecular complexity index is 1220. The number of aromatic nitrogens is 3. The largest absolute Gasteiger partial charge is 0.482 e. The predicted molar refractivity (Wildman–Crippen MR) is 103 cm³/mol. The van der Waals surface area contributed by atoms with Gasteiger partial charge in [-0.2, -0.15) is 18.3 Å². The lowest BCUT2D eigenvalue weighted by Crippen LogP contribution is -2.35. The van der Waals surface area contributed by atoms with Crippen LogP contribution in [0.25, 0.3) is 5.65 Å². The van der Waals surface area contributed by atoms with Crippen LogP contribution in [0.3, 0.4) is 0 Å².